The first-order chi connectivity index (χ1) is 16.3. The highest BCUT2D eigenvalue weighted by atomic mass is 32.2. The van der Waals surface area contributed by atoms with Crippen LogP contribution in [0.1, 0.15) is 0 Å². The normalized spacial score (nSPS) is 10.2. The minimum atomic E-state index is -0.476. The van der Waals surface area contributed by atoms with E-state index in [1.54, 1.807) is 13.2 Å². The number of rotatable bonds is 14. The van der Waals surface area contributed by atoms with Crippen molar-refractivity contribution in [3.8, 4) is 11.5 Å². The largest absolute Gasteiger partial charge is 0.495 e. The maximum Gasteiger partial charge on any atom is 0.273 e. The molecule has 0 saturated heterocycles. The molecule has 0 atom stereocenters. The average molecular weight is 517 g/mol. The number of nitrogens with zero attached hydrogens (tertiary/aromatic N) is 2. The summed E-state index contributed by atoms with van der Waals surface area (Å²) in [6.07, 6.45) is 0. The number of nitro groups is 2. The number of hydrogen-bond donors (Lipinski definition) is 1. The predicted octanol–water partition coefficient (Wildman–Crippen LogP) is 4.27. The maximum atomic E-state index is 10.7. The molecule has 0 aliphatic heterocycles. The first-order valence-electron chi connectivity index (χ1n) is 9.95. The fourth-order valence-corrected chi connectivity index (χ4v) is 3.44. The highest BCUT2D eigenvalue weighted by molar-refractivity contribution is 7.99. The topological polar surface area (TPSA) is 132 Å². The number of thioether (sulfide) groups is 1. The second-order valence-electron chi connectivity index (χ2n) is 6.27. The van der Waals surface area contributed by atoms with Gasteiger partial charge in [0.2, 0.25) is 0 Å². The molecule has 0 radical (unpaired) electrons. The van der Waals surface area contributed by atoms with Crippen molar-refractivity contribution in [3.05, 3.63) is 56.6 Å². The van der Waals surface area contributed by atoms with E-state index in [1.165, 1.54) is 56.3 Å². The van der Waals surface area contributed by atoms with Crippen LogP contribution in [0.15, 0.2) is 46.2 Å². The van der Waals surface area contributed by atoms with Crippen molar-refractivity contribution in [2.75, 3.05) is 60.1 Å². The summed E-state index contributed by atoms with van der Waals surface area (Å²) in [6, 6.07) is 8.82. The van der Waals surface area contributed by atoms with Crippen molar-refractivity contribution >= 4 is 35.8 Å². The first kappa shape index (κ1) is 29.5. The van der Waals surface area contributed by atoms with Crippen LogP contribution in [0.25, 0.3) is 0 Å². The Hall–Kier alpha value is -2.58. The second kappa shape index (κ2) is 16.9. The molecule has 2 aromatic carbocycles. The molecule has 0 fully saturated rings. The Labute approximate surface area is 207 Å². The number of thiol groups is 1. The maximum absolute atomic E-state index is 10.7. The summed E-state index contributed by atoms with van der Waals surface area (Å²) in [4.78, 5) is 21.5. The van der Waals surface area contributed by atoms with Gasteiger partial charge in [-0.25, -0.2) is 0 Å². The van der Waals surface area contributed by atoms with Gasteiger partial charge in [-0.3, -0.25) is 20.2 Å². The number of hydrogen-bond acceptors (Lipinski definition) is 11. The lowest BCUT2D eigenvalue weighted by molar-refractivity contribution is -0.385. The molecule has 0 heterocycles. The third-order valence-corrected chi connectivity index (χ3v) is 5.41. The molecular formula is C21H28N2O9S2. The van der Waals surface area contributed by atoms with Crippen LogP contribution >= 0.6 is 24.4 Å². The summed E-state index contributed by atoms with van der Waals surface area (Å²) in [5.41, 5.74) is 0.0234. The third-order valence-electron chi connectivity index (χ3n) is 4.02. The molecule has 0 unspecified atom stereocenters. The van der Waals surface area contributed by atoms with E-state index >= 15 is 0 Å². The summed E-state index contributed by atoms with van der Waals surface area (Å²) in [5.74, 6) is 1.64. The highest BCUT2D eigenvalue weighted by Crippen LogP contribution is 2.32. The Morgan fingerprint density at radius 2 is 1.32 bits per heavy atom. The second-order valence-corrected chi connectivity index (χ2v) is 7.89. The molecule has 2 aromatic rings. The minimum absolute atomic E-state index is 0.00431. The van der Waals surface area contributed by atoms with Crippen LogP contribution < -0.4 is 9.47 Å². The number of benzene rings is 2. The van der Waals surface area contributed by atoms with Crippen LogP contribution in [0.5, 0.6) is 11.5 Å². The van der Waals surface area contributed by atoms with Gasteiger partial charge in [0.05, 0.1) is 69.2 Å². The zero-order valence-electron chi connectivity index (χ0n) is 19.1. The molecular weight excluding hydrogens is 488 g/mol. The molecule has 0 amide bonds. The predicted molar refractivity (Wildman–Crippen MR) is 131 cm³/mol. The Morgan fingerprint density at radius 3 is 1.88 bits per heavy atom. The van der Waals surface area contributed by atoms with Crippen molar-refractivity contribution < 1.29 is 33.5 Å². The van der Waals surface area contributed by atoms with Crippen molar-refractivity contribution in [2.24, 2.45) is 0 Å². The molecule has 0 N–H and O–H groups in total. The molecule has 188 valence electrons. The lowest BCUT2D eigenvalue weighted by atomic mass is 10.3. The van der Waals surface area contributed by atoms with Crippen LogP contribution in [-0.2, 0) is 14.2 Å². The van der Waals surface area contributed by atoms with Crippen LogP contribution in [-0.4, -0.2) is 70.0 Å². The molecule has 0 spiro atoms. The van der Waals surface area contributed by atoms with Crippen molar-refractivity contribution in [3.63, 3.8) is 0 Å². The Kier molecular flexibility index (Phi) is 14.7. The van der Waals surface area contributed by atoms with Crippen LogP contribution in [0, 0.1) is 20.2 Å². The van der Waals surface area contributed by atoms with Gasteiger partial charge >= 0.3 is 0 Å². The number of non-ortho nitro benzene ring substituents is 2. The van der Waals surface area contributed by atoms with E-state index in [-0.39, 0.29) is 11.4 Å². The van der Waals surface area contributed by atoms with Gasteiger partial charge in [-0.15, -0.1) is 24.4 Å². The van der Waals surface area contributed by atoms with E-state index in [4.69, 9.17) is 23.7 Å². The molecule has 34 heavy (non-hydrogen) atoms. The molecule has 0 aromatic heterocycles. The van der Waals surface area contributed by atoms with Gasteiger partial charge in [-0.05, 0) is 12.1 Å². The van der Waals surface area contributed by atoms with E-state index in [0.29, 0.717) is 49.4 Å². The SMILES string of the molecule is COCCOCCOCCSc1ccc([N+](=O)[O-])cc1OC.COc1cc([N+](=O)[O-])ccc1S. The monoisotopic (exact) mass is 516 g/mol. The van der Waals surface area contributed by atoms with Crippen LogP contribution in [0.4, 0.5) is 11.4 Å². The van der Waals surface area contributed by atoms with Crippen molar-refractivity contribution in [1.82, 2.24) is 0 Å². The van der Waals surface area contributed by atoms with Gasteiger partial charge in [-0.2, -0.15) is 0 Å². The molecule has 2 rings (SSSR count). The zero-order chi connectivity index (χ0) is 25.3. The Bertz CT molecular complexity index is 916. The summed E-state index contributed by atoms with van der Waals surface area (Å²) in [5, 5.41) is 21.0. The summed E-state index contributed by atoms with van der Waals surface area (Å²) in [7, 11) is 4.57. The lowest BCUT2D eigenvalue weighted by Gasteiger charge is -2.08. The average Bonchev–Trinajstić information content (AvgIpc) is 2.83. The molecule has 0 bridgehead atoms. The fraction of sp³-hybridized carbons (Fsp3) is 0.429. The summed E-state index contributed by atoms with van der Waals surface area (Å²) < 4.78 is 25.6. The first-order valence-corrected chi connectivity index (χ1v) is 11.4. The molecule has 11 nitrogen and oxygen atoms in total. The Balaban J connectivity index is 0.000000404. The van der Waals surface area contributed by atoms with Gasteiger partial charge in [0.15, 0.2) is 0 Å². The van der Waals surface area contributed by atoms with Crippen molar-refractivity contribution in [1.29, 1.82) is 0 Å². The fourth-order valence-electron chi connectivity index (χ4n) is 2.34. The van der Waals surface area contributed by atoms with Gasteiger partial charge in [-0.1, -0.05) is 0 Å². The molecule has 13 heteroatoms. The van der Waals surface area contributed by atoms with Gasteiger partial charge in [0.1, 0.15) is 11.5 Å². The molecule has 0 aliphatic rings. The van der Waals surface area contributed by atoms with E-state index in [2.05, 4.69) is 12.6 Å². The smallest absolute Gasteiger partial charge is 0.273 e. The zero-order valence-corrected chi connectivity index (χ0v) is 20.8. The van der Waals surface area contributed by atoms with E-state index in [1.807, 2.05) is 0 Å². The van der Waals surface area contributed by atoms with E-state index in [9.17, 15) is 20.2 Å². The molecule has 0 aliphatic carbocycles. The van der Waals surface area contributed by atoms with Gasteiger partial charge < -0.3 is 23.7 Å². The third kappa shape index (κ3) is 11.0. The lowest BCUT2D eigenvalue weighted by Crippen LogP contribution is -2.09. The summed E-state index contributed by atoms with van der Waals surface area (Å²) in [6.45, 7) is 2.78. The highest BCUT2D eigenvalue weighted by Gasteiger charge is 2.11. The van der Waals surface area contributed by atoms with Crippen molar-refractivity contribution in [2.45, 2.75) is 9.79 Å². The molecule has 0 saturated carbocycles. The number of ether oxygens (including phenoxy) is 5. The quantitative estimate of drug-likeness (QED) is 0.128. The van der Waals surface area contributed by atoms with E-state index in [0.717, 1.165) is 10.6 Å². The number of methoxy groups -OCH3 is 3. The van der Waals surface area contributed by atoms with Gasteiger partial charge in [0, 0.05) is 34.8 Å². The van der Waals surface area contributed by atoms with E-state index < -0.39 is 9.85 Å². The van der Waals surface area contributed by atoms with Crippen LogP contribution in [0.2, 0.25) is 0 Å². The standard InChI is InChI=1S/C14H21NO6S.C7H7NO3S/c1-18-5-6-20-7-8-21-9-10-22-14-4-3-12(15(16)17)11-13(14)19-2;1-11-6-4-5(8(9)10)2-3-7(6)12/h3-4,11H,5-10H2,1-2H3;2-4,12H,1H3. The Morgan fingerprint density at radius 1 is 0.794 bits per heavy atom. The summed E-state index contributed by atoms with van der Waals surface area (Å²) >= 11 is 5.58. The number of nitro benzene ring substituents is 2. The van der Waals surface area contributed by atoms with Gasteiger partial charge in [0.25, 0.3) is 11.4 Å². The minimum Gasteiger partial charge on any atom is -0.495 e. The van der Waals surface area contributed by atoms with Crippen LogP contribution in [0.3, 0.4) is 0 Å².